The largest absolute Gasteiger partial charge is 0.508 e. The topological polar surface area (TPSA) is 138 Å². The van der Waals surface area contributed by atoms with Gasteiger partial charge in [-0.1, -0.05) is 19.1 Å². The molecule has 130 valence electrons. The van der Waals surface area contributed by atoms with Gasteiger partial charge in [-0.15, -0.1) is 0 Å². The van der Waals surface area contributed by atoms with Crippen LogP contribution in [0.5, 0.6) is 11.5 Å². The van der Waals surface area contributed by atoms with Crippen molar-refractivity contribution in [2.24, 2.45) is 0 Å². The maximum Gasteiger partial charge on any atom is 0.356 e. The third-order valence-corrected chi connectivity index (χ3v) is 4.90. The minimum absolute atomic E-state index is 0.00310. The zero-order valence-corrected chi connectivity index (χ0v) is 13.8. The molecule has 2 aromatic carbocycles. The summed E-state index contributed by atoms with van der Waals surface area (Å²) in [5, 5.41) is 39.8. The fraction of sp³-hybridized carbons (Fsp3) is 0.250. The Labute approximate surface area is 138 Å². The first-order valence-electron chi connectivity index (χ1n) is 7.20. The van der Waals surface area contributed by atoms with Gasteiger partial charge in [-0.3, -0.25) is 4.57 Å². The fourth-order valence-electron chi connectivity index (χ4n) is 2.72. The predicted octanol–water partition coefficient (Wildman–Crippen LogP) is 1.23. The molecule has 8 heteroatoms. The van der Waals surface area contributed by atoms with Crippen LogP contribution in [0.3, 0.4) is 0 Å². The summed E-state index contributed by atoms with van der Waals surface area (Å²) in [4.78, 5) is 18.9. The Morgan fingerprint density at radius 3 is 2.04 bits per heavy atom. The van der Waals surface area contributed by atoms with Crippen LogP contribution in [-0.4, -0.2) is 30.2 Å². The van der Waals surface area contributed by atoms with Gasteiger partial charge in [0.25, 0.3) is 0 Å². The lowest BCUT2D eigenvalue weighted by atomic mass is 9.84. The molecule has 1 atom stereocenters. The van der Waals surface area contributed by atoms with E-state index in [-0.39, 0.29) is 17.9 Å². The van der Waals surface area contributed by atoms with Crippen LogP contribution >= 0.6 is 7.60 Å². The second kappa shape index (κ2) is 6.55. The van der Waals surface area contributed by atoms with E-state index in [0.29, 0.717) is 5.56 Å². The van der Waals surface area contributed by atoms with Gasteiger partial charge in [-0.2, -0.15) is 0 Å². The second-order valence-corrected chi connectivity index (χ2v) is 7.09. The van der Waals surface area contributed by atoms with E-state index < -0.39 is 30.2 Å². The molecule has 1 unspecified atom stereocenters. The molecule has 0 saturated carbocycles. The summed E-state index contributed by atoms with van der Waals surface area (Å²) in [6, 6.07) is 8.69. The maximum atomic E-state index is 11.7. The zero-order chi connectivity index (χ0) is 18.1. The van der Waals surface area contributed by atoms with Crippen molar-refractivity contribution < 1.29 is 34.8 Å². The highest BCUT2D eigenvalue weighted by Crippen LogP contribution is 2.43. The van der Waals surface area contributed by atoms with Gasteiger partial charge < -0.3 is 30.2 Å². The van der Waals surface area contributed by atoms with E-state index in [4.69, 9.17) is 0 Å². The first kappa shape index (κ1) is 18.4. The lowest BCUT2D eigenvalue weighted by Crippen LogP contribution is -2.37. The average Bonchev–Trinajstić information content (AvgIpc) is 2.48. The number of phenolic OH excluding ortho intramolecular Hbond substituents is 2. The summed E-state index contributed by atoms with van der Waals surface area (Å²) >= 11 is 0. The first-order valence-corrected chi connectivity index (χ1v) is 8.82. The molecule has 0 radical (unpaired) electrons. The Hall–Kier alpha value is -1.89. The molecule has 0 aromatic heterocycles. The first-order chi connectivity index (χ1) is 11.1. The van der Waals surface area contributed by atoms with E-state index in [1.165, 1.54) is 24.3 Å². The number of hydrogen-bond donors (Lipinski definition) is 6. The molecule has 0 aliphatic heterocycles. The fourth-order valence-corrected chi connectivity index (χ4v) is 3.53. The summed E-state index contributed by atoms with van der Waals surface area (Å²) in [7, 11) is -4.79. The Morgan fingerprint density at radius 2 is 1.54 bits per heavy atom. The van der Waals surface area contributed by atoms with Crippen LogP contribution in [0.15, 0.2) is 42.5 Å². The van der Waals surface area contributed by atoms with Gasteiger partial charge in [0.15, 0.2) is 5.79 Å². The zero-order valence-electron chi connectivity index (χ0n) is 12.9. The van der Waals surface area contributed by atoms with Crippen LogP contribution in [0, 0.1) is 0 Å². The second-order valence-electron chi connectivity index (χ2n) is 5.52. The summed E-state index contributed by atoms with van der Waals surface area (Å²) in [6.07, 6.45) is 0.230. The summed E-state index contributed by atoms with van der Waals surface area (Å²) in [5.41, 5.74) is -0.00365. The van der Waals surface area contributed by atoms with Crippen molar-refractivity contribution >= 4 is 12.9 Å². The molecular weight excluding hydrogens is 335 g/mol. The molecule has 0 spiro atoms. The van der Waals surface area contributed by atoms with E-state index in [0.717, 1.165) is 18.2 Å². The molecular formula is C16H19O7P. The molecule has 2 rings (SSSR count). The number of rotatable bonds is 5. The quantitative estimate of drug-likeness (QED) is 0.351. The Bertz CT molecular complexity index is 764. The number of aromatic hydroxyl groups is 2. The SMILES string of the molecule is CCC(c1ccc(O)cc1)C(O)(O)c1cc(O)ccc1P(=O)(O)O. The number of phenols is 2. The molecule has 0 fully saturated rings. The molecule has 2 aromatic rings. The minimum Gasteiger partial charge on any atom is -0.508 e. The van der Waals surface area contributed by atoms with Crippen molar-refractivity contribution in [2.45, 2.75) is 25.0 Å². The number of hydrogen-bond acceptors (Lipinski definition) is 5. The van der Waals surface area contributed by atoms with E-state index in [9.17, 15) is 34.8 Å². The third-order valence-electron chi connectivity index (χ3n) is 3.88. The van der Waals surface area contributed by atoms with Crippen molar-refractivity contribution in [3.05, 3.63) is 53.6 Å². The van der Waals surface area contributed by atoms with Crippen LogP contribution in [-0.2, 0) is 10.4 Å². The highest BCUT2D eigenvalue weighted by Gasteiger charge is 2.41. The summed E-state index contributed by atoms with van der Waals surface area (Å²) in [5.74, 6) is -3.93. The van der Waals surface area contributed by atoms with Gasteiger partial charge in [0.05, 0.1) is 5.30 Å². The molecule has 0 saturated heterocycles. The third kappa shape index (κ3) is 3.61. The summed E-state index contributed by atoms with van der Waals surface area (Å²) in [6.45, 7) is 1.68. The van der Waals surface area contributed by atoms with Crippen LogP contribution in [0.1, 0.15) is 30.4 Å². The van der Waals surface area contributed by atoms with Gasteiger partial charge in [0, 0.05) is 11.5 Å². The van der Waals surface area contributed by atoms with E-state index >= 15 is 0 Å². The highest BCUT2D eigenvalue weighted by atomic mass is 31.2. The van der Waals surface area contributed by atoms with Crippen molar-refractivity contribution in [3.63, 3.8) is 0 Å². The van der Waals surface area contributed by atoms with Gasteiger partial charge in [-0.05, 0) is 42.3 Å². The van der Waals surface area contributed by atoms with Crippen molar-refractivity contribution in [3.8, 4) is 11.5 Å². The van der Waals surface area contributed by atoms with Gasteiger partial charge in [0.1, 0.15) is 11.5 Å². The summed E-state index contributed by atoms with van der Waals surface area (Å²) < 4.78 is 11.7. The lowest BCUT2D eigenvalue weighted by Gasteiger charge is -2.33. The molecule has 0 bridgehead atoms. The molecule has 0 heterocycles. The average molecular weight is 354 g/mol. The Balaban J connectivity index is 2.61. The Morgan fingerprint density at radius 1 is 1.00 bits per heavy atom. The van der Waals surface area contributed by atoms with Crippen molar-refractivity contribution in [1.29, 1.82) is 0 Å². The number of benzene rings is 2. The lowest BCUT2D eigenvalue weighted by molar-refractivity contribution is -0.188. The Kier molecular flexibility index (Phi) is 5.03. The van der Waals surface area contributed by atoms with Crippen LogP contribution in [0.25, 0.3) is 0 Å². The molecule has 7 nitrogen and oxygen atoms in total. The molecule has 6 N–H and O–H groups in total. The van der Waals surface area contributed by atoms with Gasteiger partial charge in [-0.25, -0.2) is 0 Å². The molecule has 0 aliphatic rings. The maximum absolute atomic E-state index is 11.7. The van der Waals surface area contributed by atoms with Gasteiger partial charge >= 0.3 is 7.60 Å². The van der Waals surface area contributed by atoms with Crippen molar-refractivity contribution in [1.82, 2.24) is 0 Å². The van der Waals surface area contributed by atoms with E-state index in [1.54, 1.807) is 6.92 Å². The standard InChI is InChI=1S/C16H19O7P/c1-2-13(10-3-5-11(17)6-4-10)16(19,20)14-9-12(18)7-8-15(14)24(21,22)23/h3-9,13,17-20H,2H2,1H3,(H2,21,22,23). The smallest absolute Gasteiger partial charge is 0.356 e. The van der Waals surface area contributed by atoms with Crippen molar-refractivity contribution in [2.75, 3.05) is 0 Å². The number of aliphatic hydroxyl groups is 2. The monoisotopic (exact) mass is 354 g/mol. The van der Waals surface area contributed by atoms with Crippen LogP contribution < -0.4 is 5.30 Å². The highest BCUT2D eigenvalue weighted by molar-refractivity contribution is 7.60. The van der Waals surface area contributed by atoms with Crippen LogP contribution in [0.2, 0.25) is 0 Å². The van der Waals surface area contributed by atoms with E-state index in [1.807, 2.05) is 0 Å². The minimum atomic E-state index is -4.79. The molecule has 0 aliphatic carbocycles. The van der Waals surface area contributed by atoms with Crippen LogP contribution in [0.4, 0.5) is 0 Å². The normalized spacial score (nSPS) is 13.7. The van der Waals surface area contributed by atoms with E-state index in [2.05, 4.69) is 0 Å². The van der Waals surface area contributed by atoms with Gasteiger partial charge in [0.2, 0.25) is 0 Å². The predicted molar refractivity (Wildman–Crippen MR) is 87.0 cm³/mol. The molecule has 0 amide bonds. The molecule has 24 heavy (non-hydrogen) atoms.